The van der Waals surface area contributed by atoms with Crippen molar-refractivity contribution in [1.29, 1.82) is 0 Å². The molecule has 0 bridgehead atoms. The zero-order chi connectivity index (χ0) is 20.1. The maximum atomic E-state index is 12.6. The van der Waals surface area contributed by atoms with Crippen LogP contribution in [-0.4, -0.2) is 37.6 Å². The van der Waals surface area contributed by atoms with E-state index in [-0.39, 0.29) is 18.4 Å². The number of nitrogens with zero attached hydrogens (tertiary/aromatic N) is 1. The summed E-state index contributed by atoms with van der Waals surface area (Å²) in [5.41, 5.74) is 3.75. The lowest BCUT2D eigenvalue weighted by Gasteiger charge is -2.35. The Labute approximate surface area is 165 Å². The zero-order valence-electron chi connectivity index (χ0n) is 16.6. The highest BCUT2D eigenvalue weighted by Crippen LogP contribution is 2.34. The number of amides is 2. The summed E-state index contributed by atoms with van der Waals surface area (Å²) < 4.78 is 5.91. The van der Waals surface area contributed by atoms with Crippen LogP contribution in [0.25, 0.3) is 0 Å². The number of carbonyl (C=O) groups excluding carboxylic acids is 2. The van der Waals surface area contributed by atoms with Crippen LogP contribution < -0.4 is 20.3 Å². The van der Waals surface area contributed by atoms with Gasteiger partial charge in [-0.15, -0.1) is 0 Å². The predicted octanol–water partition coefficient (Wildman–Crippen LogP) is 3.04. The van der Waals surface area contributed by atoms with E-state index in [2.05, 4.69) is 10.6 Å². The van der Waals surface area contributed by atoms with Crippen LogP contribution in [0.15, 0.2) is 42.5 Å². The van der Waals surface area contributed by atoms with Crippen molar-refractivity contribution in [2.75, 3.05) is 29.9 Å². The molecule has 28 heavy (non-hydrogen) atoms. The molecule has 2 aromatic rings. The number of carbonyl (C=O) groups is 2. The second kappa shape index (κ2) is 8.78. The van der Waals surface area contributed by atoms with Crippen LogP contribution in [0.3, 0.4) is 0 Å². The van der Waals surface area contributed by atoms with Crippen LogP contribution in [0.1, 0.15) is 24.5 Å². The molecule has 6 nitrogen and oxygen atoms in total. The summed E-state index contributed by atoms with van der Waals surface area (Å²) in [7, 11) is 0. The molecule has 2 amide bonds. The molecule has 0 spiro atoms. The van der Waals surface area contributed by atoms with Gasteiger partial charge in [0.25, 0.3) is 5.91 Å². The molecular formula is C22H27N3O3. The van der Waals surface area contributed by atoms with E-state index in [0.717, 1.165) is 28.9 Å². The lowest BCUT2D eigenvalue weighted by molar-refractivity contribution is -0.128. The van der Waals surface area contributed by atoms with E-state index in [1.807, 2.05) is 68.1 Å². The highest BCUT2D eigenvalue weighted by molar-refractivity contribution is 5.95. The molecule has 0 fully saturated rings. The molecule has 1 atom stereocenters. The summed E-state index contributed by atoms with van der Waals surface area (Å²) >= 11 is 0. The molecule has 0 aromatic heterocycles. The summed E-state index contributed by atoms with van der Waals surface area (Å²) in [6, 6.07) is 13.5. The highest BCUT2D eigenvalue weighted by Gasteiger charge is 2.31. The molecule has 1 unspecified atom stereocenters. The van der Waals surface area contributed by atoms with Gasteiger partial charge >= 0.3 is 0 Å². The Morgan fingerprint density at radius 1 is 1.14 bits per heavy atom. The molecule has 0 saturated heterocycles. The average molecular weight is 381 g/mol. The first-order chi connectivity index (χ1) is 13.5. The summed E-state index contributed by atoms with van der Waals surface area (Å²) in [6.45, 7) is 7.05. The van der Waals surface area contributed by atoms with Gasteiger partial charge in [0.05, 0.1) is 18.8 Å². The third-order valence-electron chi connectivity index (χ3n) is 4.59. The normalized spacial score (nSPS) is 15.4. The molecule has 0 radical (unpaired) electrons. The van der Waals surface area contributed by atoms with E-state index >= 15 is 0 Å². The van der Waals surface area contributed by atoms with E-state index in [1.165, 1.54) is 0 Å². The molecule has 3 rings (SSSR count). The highest BCUT2D eigenvalue weighted by atomic mass is 16.5. The second-order valence-electron chi connectivity index (χ2n) is 7.17. The first-order valence-electron chi connectivity index (χ1n) is 9.62. The topological polar surface area (TPSA) is 70.7 Å². The SMILES string of the molecule is CCCNC(=O)C1CN(CC(=O)Nc2cccc(C)c2)c2cc(C)ccc2O1. The zero-order valence-corrected chi connectivity index (χ0v) is 16.6. The van der Waals surface area contributed by atoms with Gasteiger partial charge < -0.3 is 20.3 Å². The second-order valence-corrected chi connectivity index (χ2v) is 7.17. The Kier molecular flexibility index (Phi) is 6.19. The molecule has 1 aliphatic rings. The molecule has 2 N–H and O–H groups in total. The van der Waals surface area contributed by atoms with Crippen molar-refractivity contribution in [1.82, 2.24) is 5.32 Å². The maximum Gasteiger partial charge on any atom is 0.262 e. The number of aryl methyl sites for hydroxylation is 2. The van der Waals surface area contributed by atoms with Gasteiger partial charge in [-0.05, 0) is 55.7 Å². The Hall–Kier alpha value is -3.02. The van der Waals surface area contributed by atoms with Crippen molar-refractivity contribution in [2.45, 2.75) is 33.3 Å². The van der Waals surface area contributed by atoms with Crippen molar-refractivity contribution in [2.24, 2.45) is 0 Å². The molecule has 148 valence electrons. The third kappa shape index (κ3) is 4.82. The number of benzene rings is 2. The largest absolute Gasteiger partial charge is 0.477 e. The molecule has 0 aliphatic carbocycles. The standard InChI is InChI=1S/C22H27N3O3/c1-4-10-23-22(27)20-13-25(18-12-16(3)8-9-19(18)28-20)14-21(26)24-17-7-5-6-15(2)11-17/h5-9,11-12,20H,4,10,13-14H2,1-3H3,(H,23,27)(H,24,26). The van der Waals surface area contributed by atoms with Gasteiger partial charge in [-0.2, -0.15) is 0 Å². The van der Waals surface area contributed by atoms with Gasteiger partial charge in [0.15, 0.2) is 6.10 Å². The summed E-state index contributed by atoms with van der Waals surface area (Å²) in [5, 5.41) is 5.80. The lowest BCUT2D eigenvalue weighted by Crippen LogP contribution is -2.50. The maximum absolute atomic E-state index is 12.6. The Morgan fingerprint density at radius 3 is 2.68 bits per heavy atom. The molecule has 6 heteroatoms. The predicted molar refractivity (Wildman–Crippen MR) is 111 cm³/mol. The van der Waals surface area contributed by atoms with E-state index in [0.29, 0.717) is 18.8 Å². The smallest absolute Gasteiger partial charge is 0.262 e. The number of hydrogen-bond donors (Lipinski definition) is 2. The van der Waals surface area contributed by atoms with Crippen LogP contribution >= 0.6 is 0 Å². The Morgan fingerprint density at radius 2 is 1.93 bits per heavy atom. The minimum absolute atomic E-state index is 0.132. The van der Waals surface area contributed by atoms with Crippen LogP contribution in [0, 0.1) is 13.8 Å². The van der Waals surface area contributed by atoms with Gasteiger partial charge in [0.1, 0.15) is 5.75 Å². The number of rotatable bonds is 6. The molecule has 0 saturated carbocycles. The lowest BCUT2D eigenvalue weighted by atomic mass is 10.1. The van der Waals surface area contributed by atoms with Crippen LogP contribution in [0.5, 0.6) is 5.75 Å². The van der Waals surface area contributed by atoms with E-state index in [1.54, 1.807) is 0 Å². The van der Waals surface area contributed by atoms with Crippen molar-refractivity contribution in [3.63, 3.8) is 0 Å². The number of ether oxygens (including phenoxy) is 1. The van der Waals surface area contributed by atoms with Gasteiger partial charge in [-0.25, -0.2) is 0 Å². The Balaban J connectivity index is 1.76. The van der Waals surface area contributed by atoms with Gasteiger partial charge in [-0.1, -0.05) is 25.1 Å². The van der Waals surface area contributed by atoms with Gasteiger partial charge in [-0.3, -0.25) is 9.59 Å². The number of nitrogens with one attached hydrogen (secondary N) is 2. The van der Waals surface area contributed by atoms with E-state index in [9.17, 15) is 9.59 Å². The first kappa shape index (κ1) is 19.7. The summed E-state index contributed by atoms with van der Waals surface area (Å²) in [5.74, 6) is 0.335. The van der Waals surface area contributed by atoms with E-state index in [4.69, 9.17) is 4.74 Å². The quantitative estimate of drug-likeness (QED) is 0.807. The van der Waals surface area contributed by atoms with Gasteiger partial charge in [0.2, 0.25) is 5.91 Å². The first-order valence-corrected chi connectivity index (χ1v) is 9.62. The fraction of sp³-hybridized carbons (Fsp3) is 0.364. The fourth-order valence-corrected chi connectivity index (χ4v) is 3.21. The number of hydrogen-bond acceptors (Lipinski definition) is 4. The van der Waals surface area contributed by atoms with Crippen LogP contribution in [-0.2, 0) is 9.59 Å². The fourth-order valence-electron chi connectivity index (χ4n) is 3.21. The third-order valence-corrected chi connectivity index (χ3v) is 4.59. The molecule has 2 aromatic carbocycles. The molecule has 1 aliphatic heterocycles. The molecular weight excluding hydrogens is 354 g/mol. The van der Waals surface area contributed by atoms with Crippen LogP contribution in [0.4, 0.5) is 11.4 Å². The van der Waals surface area contributed by atoms with Crippen LogP contribution in [0.2, 0.25) is 0 Å². The summed E-state index contributed by atoms with van der Waals surface area (Å²) in [6.07, 6.45) is 0.213. The Bertz CT molecular complexity index is 866. The van der Waals surface area contributed by atoms with Gasteiger partial charge in [0, 0.05) is 12.2 Å². The molecule has 1 heterocycles. The van der Waals surface area contributed by atoms with Crippen molar-refractivity contribution in [3.8, 4) is 5.75 Å². The minimum Gasteiger partial charge on any atom is -0.477 e. The van der Waals surface area contributed by atoms with E-state index < -0.39 is 6.10 Å². The van der Waals surface area contributed by atoms with Crippen molar-refractivity contribution in [3.05, 3.63) is 53.6 Å². The average Bonchev–Trinajstić information content (AvgIpc) is 2.66. The number of fused-ring (bicyclic) bond motifs is 1. The monoisotopic (exact) mass is 381 g/mol. The number of anilines is 2. The minimum atomic E-state index is -0.645. The van der Waals surface area contributed by atoms with Crippen molar-refractivity contribution >= 4 is 23.2 Å². The summed E-state index contributed by atoms with van der Waals surface area (Å²) in [4.78, 5) is 27.0. The van der Waals surface area contributed by atoms with Crippen molar-refractivity contribution < 1.29 is 14.3 Å².